The summed E-state index contributed by atoms with van der Waals surface area (Å²) in [6.07, 6.45) is 4.55. The molecule has 0 fully saturated rings. The van der Waals surface area contributed by atoms with Gasteiger partial charge in [-0.3, -0.25) is 14.2 Å². The largest absolute Gasteiger partial charge is 0.337 e. The van der Waals surface area contributed by atoms with E-state index in [1.54, 1.807) is 4.90 Å². The molecule has 2 aromatic carbocycles. The second-order valence-corrected chi connectivity index (χ2v) is 9.02. The van der Waals surface area contributed by atoms with Crippen molar-refractivity contribution in [2.75, 3.05) is 7.05 Å². The number of amides is 1. The number of nitrogens with zero attached hydrogens (tertiary/aromatic N) is 3. The first-order chi connectivity index (χ1) is 15.1. The maximum atomic E-state index is 13.1. The third kappa shape index (κ3) is 3.68. The Kier molecular flexibility index (Phi) is 5.16. The number of hydrogen-bond donors (Lipinski definition) is 0. The normalized spacial score (nSPS) is 15.6. The first kappa shape index (κ1) is 19.7. The highest BCUT2D eigenvalue weighted by Crippen LogP contribution is 2.34. The van der Waals surface area contributed by atoms with Crippen LogP contribution >= 0.6 is 11.3 Å². The fraction of sp³-hybridized carbons (Fsp3) is 0.240. The molecule has 0 saturated carbocycles. The fourth-order valence-electron chi connectivity index (χ4n) is 4.38. The van der Waals surface area contributed by atoms with Crippen LogP contribution in [0.25, 0.3) is 20.7 Å². The van der Waals surface area contributed by atoms with Crippen molar-refractivity contribution in [2.24, 2.45) is 0 Å². The van der Waals surface area contributed by atoms with Gasteiger partial charge in [0, 0.05) is 11.9 Å². The Morgan fingerprint density at radius 2 is 1.94 bits per heavy atom. The molecular formula is C25H23N3O2S. The lowest BCUT2D eigenvalue weighted by molar-refractivity contribution is -0.133. The monoisotopic (exact) mass is 429 g/mol. The second-order valence-electron chi connectivity index (χ2n) is 7.98. The van der Waals surface area contributed by atoms with Crippen LogP contribution in [0.5, 0.6) is 0 Å². The molecule has 1 unspecified atom stereocenters. The average molecular weight is 430 g/mol. The van der Waals surface area contributed by atoms with Gasteiger partial charge in [-0.25, -0.2) is 4.98 Å². The molecule has 1 aliphatic carbocycles. The maximum Gasteiger partial charge on any atom is 0.262 e. The van der Waals surface area contributed by atoms with Gasteiger partial charge in [-0.1, -0.05) is 54.6 Å². The van der Waals surface area contributed by atoms with E-state index < -0.39 is 0 Å². The number of likely N-dealkylation sites (N-methyl/N-ethyl adjacent to an activating group) is 1. The van der Waals surface area contributed by atoms with Crippen molar-refractivity contribution in [1.29, 1.82) is 0 Å². The van der Waals surface area contributed by atoms with Gasteiger partial charge in [-0.15, -0.1) is 11.3 Å². The smallest absolute Gasteiger partial charge is 0.262 e. The summed E-state index contributed by atoms with van der Waals surface area (Å²) >= 11 is 1.49. The van der Waals surface area contributed by atoms with Gasteiger partial charge < -0.3 is 4.90 Å². The number of carbonyl (C=O) groups excluding carboxylic acids is 1. The number of aryl methyl sites for hydroxylation is 1. The lowest BCUT2D eigenvalue weighted by Gasteiger charge is -2.33. The molecule has 4 aromatic rings. The van der Waals surface area contributed by atoms with Gasteiger partial charge in [0.05, 0.1) is 17.8 Å². The van der Waals surface area contributed by atoms with E-state index in [0.717, 1.165) is 29.7 Å². The van der Waals surface area contributed by atoms with E-state index in [4.69, 9.17) is 0 Å². The van der Waals surface area contributed by atoms with Crippen LogP contribution in [-0.2, 0) is 17.8 Å². The molecular weight excluding hydrogens is 406 g/mol. The third-order valence-corrected chi connectivity index (χ3v) is 7.17. The van der Waals surface area contributed by atoms with E-state index in [1.165, 1.54) is 33.4 Å². The topological polar surface area (TPSA) is 55.2 Å². The summed E-state index contributed by atoms with van der Waals surface area (Å²) in [7, 11) is 1.84. The minimum Gasteiger partial charge on any atom is -0.337 e. The van der Waals surface area contributed by atoms with Gasteiger partial charge in [0.1, 0.15) is 11.4 Å². The Morgan fingerprint density at radius 1 is 1.16 bits per heavy atom. The lowest BCUT2D eigenvalue weighted by Crippen LogP contribution is -2.37. The molecule has 2 heterocycles. The molecule has 2 aromatic heterocycles. The summed E-state index contributed by atoms with van der Waals surface area (Å²) < 4.78 is 1.43. The Morgan fingerprint density at radius 3 is 2.77 bits per heavy atom. The molecule has 0 N–H and O–H groups in total. The highest BCUT2D eigenvalue weighted by atomic mass is 32.1. The summed E-state index contributed by atoms with van der Waals surface area (Å²) in [5.41, 5.74) is 3.42. The van der Waals surface area contributed by atoms with Crippen LogP contribution in [0.15, 0.2) is 71.8 Å². The number of benzene rings is 2. The molecule has 1 atom stereocenters. The van der Waals surface area contributed by atoms with Crippen molar-refractivity contribution >= 4 is 27.5 Å². The number of thiophene rings is 1. The van der Waals surface area contributed by atoms with E-state index in [2.05, 4.69) is 17.1 Å². The van der Waals surface area contributed by atoms with Gasteiger partial charge in [0.15, 0.2) is 0 Å². The van der Waals surface area contributed by atoms with Gasteiger partial charge in [-0.05, 0) is 42.0 Å². The Hall–Kier alpha value is -3.25. The van der Waals surface area contributed by atoms with Crippen molar-refractivity contribution < 1.29 is 4.79 Å². The molecule has 0 spiro atoms. The zero-order valence-corrected chi connectivity index (χ0v) is 18.1. The van der Waals surface area contributed by atoms with E-state index >= 15 is 0 Å². The van der Waals surface area contributed by atoms with Crippen LogP contribution in [0.1, 0.15) is 30.0 Å². The number of rotatable bonds is 4. The number of aromatic nitrogens is 2. The van der Waals surface area contributed by atoms with Gasteiger partial charge in [0.2, 0.25) is 5.91 Å². The lowest BCUT2D eigenvalue weighted by atomic mass is 9.87. The van der Waals surface area contributed by atoms with Gasteiger partial charge in [-0.2, -0.15) is 0 Å². The second kappa shape index (κ2) is 8.12. The van der Waals surface area contributed by atoms with Crippen molar-refractivity contribution in [2.45, 2.75) is 31.8 Å². The van der Waals surface area contributed by atoms with E-state index in [0.29, 0.717) is 10.2 Å². The summed E-state index contributed by atoms with van der Waals surface area (Å²) in [6, 6.07) is 20.2. The highest BCUT2D eigenvalue weighted by molar-refractivity contribution is 7.21. The Labute approximate surface area is 184 Å². The molecule has 156 valence electrons. The first-order valence-corrected chi connectivity index (χ1v) is 11.3. The first-order valence-electron chi connectivity index (χ1n) is 10.5. The van der Waals surface area contributed by atoms with Crippen molar-refractivity contribution in [3.05, 3.63) is 88.5 Å². The molecule has 0 aliphatic heterocycles. The van der Waals surface area contributed by atoms with Crippen molar-refractivity contribution in [3.63, 3.8) is 0 Å². The molecule has 1 aliphatic rings. The summed E-state index contributed by atoms with van der Waals surface area (Å²) in [5.74, 6) is -0.0801. The summed E-state index contributed by atoms with van der Waals surface area (Å²) in [4.78, 5) is 34.1. The zero-order chi connectivity index (χ0) is 21.4. The Balaban J connectivity index is 1.41. The third-order valence-electron chi connectivity index (χ3n) is 6.08. The van der Waals surface area contributed by atoms with Crippen LogP contribution in [0.4, 0.5) is 0 Å². The number of hydrogen-bond acceptors (Lipinski definition) is 4. The Bertz CT molecular complexity index is 1310. The van der Waals surface area contributed by atoms with Crippen LogP contribution < -0.4 is 5.56 Å². The minimum atomic E-state index is -0.172. The molecule has 31 heavy (non-hydrogen) atoms. The van der Waals surface area contributed by atoms with Crippen molar-refractivity contribution in [1.82, 2.24) is 14.5 Å². The molecule has 5 rings (SSSR count). The molecule has 6 heteroatoms. The van der Waals surface area contributed by atoms with Gasteiger partial charge >= 0.3 is 0 Å². The SMILES string of the molecule is CN(C(=O)Cn1cnc2sc(-c3ccccc3)cc2c1=O)C1CCCc2ccccc21. The van der Waals surface area contributed by atoms with E-state index in [9.17, 15) is 9.59 Å². The molecule has 0 saturated heterocycles. The maximum absolute atomic E-state index is 13.1. The fourth-order valence-corrected chi connectivity index (χ4v) is 5.37. The standard InChI is InChI=1S/C25H23N3O2S/c1-27(21-13-7-11-17-8-5-6-12-19(17)21)23(29)15-28-16-26-24-20(25(28)30)14-22(31-24)18-9-3-2-4-10-18/h2-6,8-10,12,14,16,21H,7,11,13,15H2,1H3. The van der Waals surface area contributed by atoms with Crippen LogP contribution in [-0.4, -0.2) is 27.4 Å². The van der Waals surface area contributed by atoms with Gasteiger partial charge in [0.25, 0.3) is 5.56 Å². The molecule has 5 nitrogen and oxygen atoms in total. The van der Waals surface area contributed by atoms with E-state index in [1.807, 2.05) is 55.6 Å². The van der Waals surface area contributed by atoms with Crippen LogP contribution in [0.2, 0.25) is 0 Å². The summed E-state index contributed by atoms with van der Waals surface area (Å²) in [6.45, 7) is -0.00649. The molecule has 0 radical (unpaired) electrons. The quantitative estimate of drug-likeness (QED) is 0.474. The molecule has 0 bridgehead atoms. The minimum absolute atomic E-state index is 0.00649. The average Bonchev–Trinajstić information content (AvgIpc) is 3.26. The van der Waals surface area contributed by atoms with Crippen molar-refractivity contribution in [3.8, 4) is 10.4 Å². The molecule has 1 amide bonds. The number of fused-ring (bicyclic) bond motifs is 2. The highest BCUT2D eigenvalue weighted by Gasteiger charge is 2.26. The van der Waals surface area contributed by atoms with Crippen LogP contribution in [0.3, 0.4) is 0 Å². The number of carbonyl (C=O) groups is 1. The summed E-state index contributed by atoms with van der Waals surface area (Å²) in [5, 5.41) is 0.560. The van der Waals surface area contributed by atoms with Crippen LogP contribution in [0, 0.1) is 0 Å². The zero-order valence-electron chi connectivity index (χ0n) is 17.3. The predicted octanol–water partition coefficient (Wildman–Crippen LogP) is 4.66. The predicted molar refractivity (Wildman–Crippen MR) is 124 cm³/mol. The van der Waals surface area contributed by atoms with E-state index in [-0.39, 0.29) is 24.1 Å².